The lowest BCUT2D eigenvalue weighted by Gasteiger charge is -2.16. The van der Waals surface area contributed by atoms with Gasteiger partial charge in [-0.15, -0.1) is 0 Å². The molecule has 4 heteroatoms. The van der Waals surface area contributed by atoms with Crippen molar-refractivity contribution in [1.82, 2.24) is 0 Å². The molecule has 2 aromatic carbocycles. The van der Waals surface area contributed by atoms with Crippen molar-refractivity contribution in [2.24, 2.45) is 0 Å². The Balaban J connectivity index is 1.88. The SMILES string of the molecule is Fc1ccc(F)c(NC2CCc3cc(Br)ccc32)c1. The molecule has 0 fully saturated rings. The monoisotopic (exact) mass is 323 g/mol. The Morgan fingerprint density at radius 3 is 2.79 bits per heavy atom. The van der Waals surface area contributed by atoms with Crippen LogP contribution in [0.3, 0.4) is 0 Å². The fourth-order valence-corrected chi connectivity index (χ4v) is 2.94. The maximum Gasteiger partial charge on any atom is 0.146 e. The van der Waals surface area contributed by atoms with Crippen LogP contribution in [-0.2, 0) is 6.42 Å². The summed E-state index contributed by atoms with van der Waals surface area (Å²) in [6, 6.07) is 9.60. The van der Waals surface area contributed by atoms with Crippen LogP contribution in [0.2, 0.25) is 0 Å². The standard InChI is InChI=1S/C15H12BrF2N/c16-10-2-4-12-9(7-10)1-6-14(12)19-15-8-11(17)3-5-13(15)18/h2-5,7-8,14,19H,1,6H2. The van der Waals surface area contributed by atoms with Gasteiger partial charge in [0.25, 0.3) is 0 Å². The number of hydrogen-bond donors (Lipinski definition) is 1. The van der Waals surface area contributed by atoms with E-state index in [4.69, 9.17) is 0 Å². The Hall–Kier alpha value is -1.42. The Labute approximate surface area is 118 Å². The molecule has 0 amide bonds. The van der Waals surface area contributed by atoms with Gasteiger partial charge in [0.2, 0.25) is 0 Å². The molecule has 1 N–H and O–H groups in total. The third-order valence-electron chi connectivity index (χ3n) is 3.44. The summed E-state index contributed by atoms with van der Waals surface area (Å²) in [4.78, 5) is 0. The van der Waals surface area contributed by atoms with E-state index < -0.39 is 11.6 Å². The summed E-state index contributed by atoms with van der Waals surface area (Å²) in [6.45, 7) is 0. The van der Waals surface area contributed by atoms with Crippen molar-refractivity contribution in [3.8, 4) is 0 Å². The maximum absolute atomic E-state index is 13.6. The van der Waals surface area contributed by atoms with Gasteiger partial charge in [-0.1, -0.05) is 22.0 Å². The van der Waals surface area contributed by atoms with Gasteiger partial charge in [-0.3, -0.25) is 0 Å². The van der Waals surface area contributed by atoms with Crippen molar-refractivity contribution in [2.75, 3.05) is 5.32 Å². The number of aryl methyl sites for hydroxylation is 1. The van der Waals surface area contributed by atoms with Crippen LogP contribution in [0.4, 0.5) is 14.5 Å². The van der Waals surface area contributed by atoms with Gasteiger partial charge in [0, 0.05) is 4.47 Å². The van der Waals surface area contributed by atoms with Crippen molar-refractivity contribution in [1.29, 1.82) is 0 Å². The molecule has 0 saturated carbocycles. The highest BCUT2D eigenvalue weighted by atomic mass is 79.9. The van der Waals surface area contributed by atoms with E-state index in [1.165, 1.54) is 11.6 Å². The molecule has 1 aliphatic carbocycles. The topological polar surface area (TPSA) is 12.0 Å². The number of anilines is 1. The van der Waals surface area contributed by atoms with Gasteiger partial charge < -0.3 is 5.32 Å². The molecule has 0 spiro atoms. The predicted octanol–water partition coefficient (Wildman–Crippen LogP) is 4.83. The second kappa shape index (κ2) is 4.93. The van der Waals surface area contributed by atoms with Crippen LogP contribution in [0.1, 0.15) is 23.6 Å². The molecular weight excluding hydrogens is 312 g/mol. The first-order chi connectivity index (χ1) is 9.13. The van der Waals surface area contributed by atoms with Crippen LogP contribution < -0.4 is 5.32 Å². The van der Waals surface area contributed by atoms with Gasteiger partial charge in [-0.05, 0) is 54.3 Å². The Bertz CT molecular complexity index is 628. The zero-order valence-electron chi connectivity index (χ0n) is 10.1. The molecule has 0 bridgehead atoms. The summed E-state index contributed by atoms with van der Waals surface area (Å²) < 4.78 is 27.8. The molecule has 1 nitrogen and oxygen atoms in total. The van der Waals surface area contributed by atoms with Crippen LogP contribution in [0, 0.1) is 11.6 Å². The Morgan fingerprint density at radius 2 is 1.95 bits per heavy atom. The summed E-state index contributed by atoms with van der Waals surface area (Å²) in [5.41, 5.74) is 2.64. The molecule has 19 heavy (non-hydrogen) atoms. The fraction of sp³-hybridized carbons (Fsp3) is 0.200. The molecule has 1 aliphatic rings. The predicted molar refractivity (Wildman–Crippen MR) is 75.2 cm³/mol. The van der Waals surface area contributed by atoms with Gasteiger partial charge in [0.05, 0.1) is 11.7 Å². The van der Waals surface area contributed by atoms with Crippen LogP contribution >= 0.6 is 15.9 Å². The van der Waals surface area contributed by atoms with Gasteiger partial charge in [-0.25, -0.2) is 8.78 Å². The zero-order chi connectivity index (χ0) is 13.4. The van der Waals surface area contributed by atoms with E-state index in [-0.39, 0.29) is 11.7 Å². The van der Waals surface area contributed by atoms with E-state index in [2.05, 4.69) is 27.3 Å². The van der Waals surface area contributed by atoms with Gasteiger partial charge >= 0.3 is 0 Å². The van der Waals surface area contributed by atoms with Crippen molar-refractivity contribution in [3.05, 3.63) is 63.6 Å². The molecule has 3 rings (SSSR count). The van der Waals surface area contributed by atoms with Crippen LogP contribution in [0.5, 0.6) is 0 Å². The molecule has 2 aromatic rings. The number of halogens is 3. The molecule has 0 aliphatic heterocycles. The summed E-state index contributed by atoms with van der Waals surface area (Å²) >= 11 is 3.44. The lowest BCUT2D eigenvalue weighted by Crippen LogP contribution is -2.08. The van der Waals surface area contributed by atoms with E-state index >= 15 is 0 Å². The minimum atomic E-state index is -0.432. The van der Waals surface area contributed by atoms with Gasteiger partial charge in [0.1, 0.15) is 11.6 Å². The van der Waals surface area contributed by atoms with Crippen molar-refractivity contribution < 1.29 is 8.78 Å². The van der Waals surface area contributed by atoms with E-state index in [9.17, 15) is 8.78 Å². The third kappa shape index (κ3) is 2.50. The lowest BCUT2D eigenvalue weighted by molar-refractivity contribution is 0.599. The summed E-state index contributed by atoms with van der Waals surface area (Å²) in [6.07, 6.45) is 1.84. The highest BCUT2D eigenvalue weighted by Gasteiger charge is 2.23. The summed E-state index contributed by atoms with van der Waals surface area (Å²) in [5, 5.41) is 3.10. The highest BCUT2D eigenvalue weighted by Crippen LogP contribution is 2.35. The Kier molecular flexibility index (Phi) is 3.27. The fourth-order valence-electron chi connectivity index (χ4n) is 2.53. The number of rotatable bonds is 2. The zero-order valence-corrected chi connectivity index (χ0v) is 11.7. The van der Waals surface area contributed by atoms with E-state index in [0.717, 1.165) is 35.0 Å². The van der Waals surface area contributed by atoms with Crippen molar-refractivity contribution >= 4 is 21.6 Å². The maximum atomic E-state index is 13.6. The minimum Gasteiger partial charge on any atom is -0.376 e. The molecular formula is C15H12BrF2N. The molecule has 1 unspecified atom stereocenters. The molecule has 0 heterocycles. The quantitative estimate of drug-likeness (QED) is 0.834. The Morgan fingerprint density at radius 1 is 1.11 bits per heavy atom. The van der Waals surface area contributed by atoms with Gasteiger partial charge in [0.15, 0.2) is 0 Å². The number of benzene rings is 2. The van der Waals surface area contributed by atoms with Gasteiger partial charge in [-0.2, -0.15) is 0 Å². The molecule has 1 atom stereocenters. The van der Waals surface area contributed by atoms with E-state index in [1.807, 2.05) is 12.1 Å². The lowest BCUT2D eigenvalue weighted by atomic mass is 10.1. The number of hydrogen-bond acceptors (Lipinski definition) is 1. The minimum absolute atomic E-state index is 0.0411. The second-order valence-corrected chi connectivity index (χ2v) is 5.62. The number of nitrogens with one attached hydrogen (secondary N) is 1. The van der Waals surface area contributed by atoms with Crippen LogP contribution in [0.15, 0.2) is 40.9 Å². The van der Waals surface area contributed by atoms with E-state index in [1.54, 1.807) is 0 Å². The van der Waals surface area contributed by atoms with Crippen molar-refractivity contribution in [2.45, 2.75) is 18.9 Å². The average Bonchev–Trinajstić information content (AvgIpc) is 2.76. The largest absolute Gasteiger partial charge is 0.376 e. The van der Waals surface area contributed by atoms with Crippen LogP contribution in [0.25, 0.3) is 0 Å². The molecule has 0 radical (unpaired) electrons. The van der Waals surface area contributed by atoms with E-state index in [0.29, 0.717) is 0 Å². The third-order valence-corrected chi connectivity index (χ3v) is 3.93. The first kappa shape index (κ1) is 12.6. The van der Waals surface area contributed by atoms with Crippen LogP contribution in [-0.4, -0.2) is 0 Å². The number of fused-ring (bicyclic) bond motifs is 1. The molecule has 98 valence electrons. The summed E-state index contributed by atoms with van der Waals surface area (Å²) in [5.74, 6) is -0.857. The normalized spacial score (nSPS) is 17.3. The highest BCUT2D eigenvalue weighted by molar-refractivity contribution is 9.10. The second-order valence-electron chi connectivity index (χ2n) is 4.70. The van der Waals surface area contributed by atoms with Crippen molar-refractivity contribution in [3.63, 3.8) is 0 Å². The summed E-state index contributed by atoms with van der Waals surface area (Å²) in [7, 11) is 0. The molecule has 0 saturated heterocycles. The smallest absolute Gasteiger partial charge is 0.146 e. The first-order valence-electron chi connectivity index (χ1n) is 6.13. The molecule has 0 aromatic heterocycles. The average molecular weight is 324 g/mol. The first-order valence-corrected chi connectivity index (χ1v) is 6.93.